The summed E-state index contributed by atoms with van der Waals surface area (Å²) < 4.78 is 12.4. The molecular weight excluding hydrogens is 582 g/mol. The van der Waals surface area contributed by atoms with Crippen LogP contribution >= 0.6 is 31.9 Å². The van der Waals surface area contributed by atoms with Gasteiger partial charge in [0.05, 0.1) is 20.5 Å². The molecule has 0 saturated carbocycles. The van der Waals surface area contributed by atoms with E-state index in [0.29, 0.717) is 43.9 Å². The molecule has 0 aromatic heterocycles. The van der Waals surface area contributed by atoms with E-state index in [-0.39, 0.29) is 17.9 Å². The van der Waals surface area contributed by atoms with Crippen molar-refractivity contribution in [3.8, 4) is 17.6 Å². The van der Waals surface area contributed by atoms with Crippen molar-refractivity contribution in [2.75, 3.05) is 11.9 Å². The molecule has 0 aliphatic rings. The Morgan fingerprint density at radius 2 is 1.80 bits per heavy atom. The van der Waals surface area contributed by atoms with E-state index in [9.17, 15) is 20.2 Å². The number of amides is 1. The SMILES string of the molecule is CCOc1ccc(NC(=O)/C(C#N)=C\c2cc(Br)c(OCc3cccc([N+](=O)[O-])c3)c(Br)c2)cc1. The van der Waals surface area contributed by atoms with Crippen LogP contribution < -0.4 is 14.8 Å². The maximum Gasteiger partial charge on any atom is 0.269 e. The number of carbonyl (C=O) groups is 1. The summed E-state index contributed by atoms with van der Waals surface area (Å²) >= 11 is 6.89. The maximum absolute atomic E-state index is 12.6. The first kappa shape index (κ1) is 25.9. The van der Waals surface area contributed by atoms with Gasteiger partial charge in [-0.2, -0.15) is 5.26 Å². The number of nitro benzene ring substituents is 1. The van der Waals surface area contributed by atoms with Crippen molar-refractivity contribution in [2.45, 2.75) is 13.5 Å². The number of nitrogens with one attached hydrogen (secondary N) is 1. The van der Waals surface area contributed by atoms with Crippen molar-refractivity contribution in [2.24, 2.45) is 0 Å². The lowest BCUT2D eigenvalue weighted by Gasteiger charge is -2.12. The Morgan fingerprint density at radius 3 is 2.40 bits per heavy atom. The van der Waals surface area contributed by atoms with E-state index in [1.807, 2.05) is 13.0 Å². The Morgan fingerprint density at radius 1 is 1.11 bits per heavy atom. The number of nitriles is 1. The number of non-ortho nitro benzene ring substituents is 1. The number of benzene rings is 3. The predicted molar refractivity (Wildman–Crippen MR) is 139 cm³/mol. The summed E-state index contributed by atoms with van der Waals surface area (Å²) in [5.74, 6) is 0.616. The van der Waals surface area contributed by atoms with Crippen molar-refractivity contribution in [3.05, 3.63) is 96.4 Å². The van der Waals surface area contributed by atoms with Crippen molar-refractivity contribution in [1.82, 2.24) is 0 Å². The average Bonchev–Trinajstić information content (AvgIpc) is 2.83. The summed E-state index contributed by atoms with van der Waals surface area (Å²) in [6, 6.07) is 18.4. The van der Waals surface area contributed by atoms with Crippen LogP contribution in [0.5, 0.6) is 11.5 Å². The van der Waals surface area contributed by atoms with E-state index in [4.69, 9.17) is 9.47 Å². The van der Waals surface area contributed by atoms with Crippen LogP contribution in [0.4, 0.5) is 11.4 Å². The lowest BCUT2D eigenvalue weighted by atomic mass is 10.1. The fraction of sp³-hybridized carbons (Fsp3) is 0.120. The highest BCUT2D eigenvalue weighted by Crippen LogP contribution is 2.36. The third kappa shape index (κ3) is 7.15. The van der Waals surface area contributed by atoms with Gasteiger partial charge in [-0.25, -0.2) is 0 Å². The number of anilines is 1. The molecule has 178 valence electrons. The molecule has 10 heteroatoms. The predicted octanol–water partition coefficient (Wildman–Crippen LogP) is 6.64. The smallest absolute Gasteiger partial charge is 0.269 e. The van der Waals surface area contributed by atoms with Crippen molar-refractivity contribution >= 4 is 55.2 Å². The standard InChI is InChI=1S/C25H19Br2N3O5/c1-2-34-21-8-6-19(7-9-21)29-25(31)18(14-28)10-17-12-22(26)24(23(27)13-17)35-15-16-4-3-5-20(11-16)30(32)33/h3-13H,2,15H2,1H3,(H,29,31)/b18-10-. The third-order valence-electron chi connectivity index (χ3n) is 4.62. The van der Waals surface area contributed by atoms with Crippen LogP contribution in [-0.4, -0.2) is 17.4 Å². The van der Waals surface area contributed by atoms with Crippen LogP contribution in [0.1, 0.15) is 18.1 Å². The van der Waals surface area contributed by atoms with Crippen molar-refractivity contribution in [3.63, 3.8) is 0 Å². The second-order valence-corrected chi connectivity index (χ2v) is 8.82. The lowest BCUT2D eigenvalue weighted by molar-refractivity contribution is -0.384. The van der Waals surface area contributed by atoms with Crippen LogP contribution in [0.15, 0.2) is 75.2 Å². The van der Waals surface area contributed by atoms with E-state index in [2.05, 4.69) is 37.2 Å². The first-order chi connectivity index (χ1) is 16.8. The molecule has 0 heterocycles. The molecule has 0 radical (unpaired) electrons. The highest BCUT2D eigenvalue weighted by atomic mass is 79.9. The molecule has 1 amide bonds. The van der Waals surface area contributed by atoms with Crippen LogP contribution in [0.25, 0.3) is 6.08 Å². The van der Waals surface area contributed by atoms with Crippen LogP contribution in [0, 0.1) is 21.4 Å². The van der Waals surface area contributed by atoms with Gasteiger partial charge in [0.2, 0.25) is 0 Å². The molecular formula is C25H19Br2N3O5. The maximum atomic E-state index is 12.6. The van der Waals surface area contributed by atoms with E-state index in [1.165, 1.54) is 18.2 Å². The summed E-state index contributed by atoms with van der Waals surface area (Å²) in [4.78, 5) is 23.1. The van der Waals surface area contributed by atoms with Gasteiger partial charge in [-0.3, -0.25) is 14.9 Å². The Labute approximate surface area is 218 Å². The molecule has 35 heavy (non-hydrogen) atoms. The zero-order valence-corrected chi connectivity index (χ0v) is 21.6. The van der Waals surface area contributed by atoms with Crippen LogP contribution in [0.3, 0.4) is 0 Å². The minimum absolute atomic E-state index is 0.0164. The molecule has 3 aromatic carbocycles. The highest BCUT2D eigenvalue weighted by Gasteiger charge is 2.14. The first-order valence-corrected chi connectivity index (χ1v) is 11.9. The second kappa shape index (κ2) is 12.1. The molecule has 8 nitrogen and oxygen atoms in total. The van der Waals surface area contributed by atoms with Crippen LogP contribution in [-0.2, 0) is 11.4 Å². The molecule has 3 aromatic rings. The summed E-state index contributed by atoms with van der Waals surface area (Å²) in [6.45, 7) is 2.53. The number of rotatable bonds is 9. The molecule has 0 aliphatic carbocycles. The van der Waals surface area contributed by atoms with Gasteiger partial charge in [0.1, 0.15) is 29.7 Å². The van der Waals surface area contributed by atoms with Gasteiger partial charge in [-0.15, -0.1) is 0 Å². The van der Waals surface area contributed by atoms with Gasteiger partial charge in [0.25, 0.3) is 11.6 Å². The number of carbonyl (C=O) groups excluding carboxylic acids is 1. The summed E-state index contributed by atoms with van der Waals surface area (Å²) in [5, 5.41) is 23.2. The quantitative estimate of drug-likeness (QED) is 0.127. The zero-order chi connectivity index (χ0) is 25.4. The van der Waals surface area contributed by atoms with E-state index < -0.39 is 10.8 Å². The van der Waals surface area contributed by atoms with E-state index >= 15 is 0 Å². The van der Waals surface area contributed by atoms with Gasteiger partial charge < -0.3 is 14.8 Å². The Bertz CT molecular complexity index is 1290. The molecule has 0 atom stereocenters. The lowest BCUT2D eigenvalue weighted by Crippen LogP contribution is -2.13. The van der Waals surface area contributed by atoms with Gasteiger partial charge in [0.15, 0.2) is 0 Å². The fourth-order valence-corrected chi connectivity index (χ4v) is 4.48. The Kier molecular flexibility index (Phi) is 9.00. The number of nitrogens with zero attached hydrogens (tertiary/aromatic N) is 2. The van der Waals surface area contributed by atoms with Crippen molar-refractivity contribution < 1.29 is 19.2 Å². The number of nitro groups is 1. The summed E-state index contributed by atoms with van der Waals surface area (Å²) in [7, 11) is 0. The minimum Gasteiger partial charge on any atom is -0.494 e. The number of hydrogen-bond acceptors (Lipinski definition) is 6. The second-order valence-electron chi connectivity index (χ2n) is 7.11. The zero-order valence-electron chi connectivity index (χ0n) is 18.5. The monoisotopic (exact) mass is 599 g/mol. The van der Waals surface area contributed by atoms with E-state index in [0.717, 1.165) is 0 Å². The molecule has 0 aliphatic heterocycles. The summed E-state index contributed by atoms with van der Waals surface area (Å²) in [6.07, 6.45) is 1.46. The molecule has 0 saturated heterocycles. The fourth-order valence-electron chi connectivity index (χ4n) is 3.03. The highest BCUT2D eigenvalue weighted by molar-refractivity contribution is 9.11. The molecule has 3 rings (SSSR count). The number of hydrogen-bond donors (Lipinski definition) is 1. The van der Waals surface area contributed by atoms with Crippen molar-refractivity contribution in [1.29, 1.82) is 5.26 Å². The number of ether oxygens (including phenoxy) is 2. The third-order valence-corrected chi connectivity index (χ3v) is 5.80. The number of halogens is 2. The largest absolute Gasteiger partial charge is 0.494 e. The van der Waals surface area contributed by atoms with Gasteiger partial charge >= 0.3 is 0 Å². The Hall–Kier alpha value is -3.68. The van der Waals surface area contributed by atoms with Gasteiger partial charge in [-0.1, -0.05) is 12.1 Å². The first-order valence-electron chi connectivity index (χ1n) is 10.3. The molecule has 1 N–H and O–H groups in total. The molecule has 0 bridgehead atoms. The normalized spacial score (nSPS) is 10.9. The topological polar surface area (TPSA) is 114 Å². The summed E-state index contributed by atoms with van der Waals surface area (Å²) in [5.41, 5.74) is 1.66. The average molecular weight is 601 g/mol. The van der Waals surface area contributed by atoms with Crippen LogP contribution in [0.2, 0.25) is 0 Å². The van der Waals surface area contributed by atoms with E-state index in [1.54, 1.807) is 48.5 Å². The minimum atomic E-state index is -0.546. The molecule has 0 fully saturated rings. The molecule has 0 spiro atoms. The van der Waals surface area contributed by atoms with Gasteiger partial charge in [0, 0.05) is 17.8 Å². The molecule has 0 unspecified atom stereocenters. The Balaban J connectivity index is 1.73. The van der Waals surface area contributed by atoms with Gasteiger partial charge in [-0.05, 0) is 92.4 Å².